The lowest BCUT2D eigenvalue weighted by molar-refractivity contribution is -0.129. The molecule has 0 aliphatic heterocycles. The van der Waals surface area contributed by atoms with Crippen molar-refractivity contribution in [2.24, 2.45) is 0 Å². The molecule has 1 aromatic heterocycles. The second kappa shape index (κ2) is 12.5. The van der Waals surface area contributed by atoms with Crippen molar-refractivity contribution in [3.8, 4) is 0 Å². The van der Waals surface area contributed by atoms with E-state index < -0.39 is 21.0 Å². The number of sulfone groups is 1. The number of carbonyl (C=O) groups is 2. The van der Waals surface area contributed by atoms with E-state index in [4.69, 9.17) is 16.8 Å². The molecule has 0 radical (unpaired) electrons. The Morgan fingerprint density at radius 1 is 1.00 bits per heavy atom. The number of benzene rings is 2. The third-order valence-electron chi connectivity index (χ3n) is 5.15. The Balaban J connectivity index is 1.73. The van der Waals surface area contributed by atoms with Gasteiger partial charge in [0.1, 0.15) is 5.02 Å². The smallest absolute Gasteiger partial charge is 0.243 e. The number of rotatable bonds is 11. The number of hydrogen-bond acceptors (Lipinski definition) is 9. The Kier molecular flexibility index (Phi) is 9.39. The molecule has 37 heavy (non-hydrogen) atoms. The Morgan fingerprint density at radius 2 is 1.70 bits per heavy atom. The van der Waals surface area contributed by atoms with Crippen molar-refractivity contribution in [3.63, 3.8) is 0 Å². The quantitative estimate of drug-likeness (QED) is 0.173. The van der Waals surface area contributed by atoms with Crippen LogP contribution in [0.15, 0.2) is 59.6 Å². The van der Waals surface area contributed by atoms with Crippen LogP contribution in [0.2, 0.25) is 5.02 Å². The normalized spacial score (nSPS) is 11.2. The number of carbonyl (C=O) groups excluding carboxylic acids is 2. The number of nitrogens with zero attached hydrogens (tertiary/aromatic N) is 2. The number of hydroxylamine groups is 1. The number of anilines is 5. The summed E-state index contributed by atoms with van der Waals surface area (Å²) in [6, 6.07) is 13.3. The first-order chi connectivity index (χ1) is 17.6. The van der Waals surface area contributed by atoms with Gasteiger partial charge in [0.05, 0.1) is 22.0 Å². The largest absolute Gasteiger partial charge is 0.338 e. The van der Waals surface area contributed by atoms with Crippen molar-refractivity contribution in [2.75, 3.05) is 16.0 Å². The first-order valence-electron chi connectivity index (χ1n) is 11.3. The number of para-hydroxylation sites is 1. The summed E-state index contributed by atoms with van der Waals surface area (Å²) in [4.78, 5) is 31.9. The van der Waals surface area contributed by atoms with E-state index >= 15 is 0 Å². The number of halogens is 1. The lowest BCUT2D eigenvalue weighted by Crippen LogP contribution is -2.19. The van der Waals surface area contributed by atoms with Crippen LogP contribution < -0.4 is 21.4 Å². The predicted octanol–water partition coefficient (Wildman–Crippen LogP) is 4.41. The first kappa shape index (κ1) is 27.8. The average molecular weight is 547 g/mol. The van der Waals surface area contributed by atoms with E-state index in [0.29, 0.717) is 17.1 Å². The van der Waals surface area contributed by atoms with Crippen molar-refractivity contribution in [3.05, 3.63) is 59.8 Å². The minimum atomic E-state index is -3.56. The summed E-state index contributed by atoms with van der Waals surface area (Å²) >= 11 is 6.28. The number of nitrogens with one attached hydrogen (secondary N) is 4. The van der Waals surface area contributed by atoms with Gasteiger partial charge in [-0.05, 0) is 50.6 Å². The monoisotopic (exact) mass is 546 g/mol. The van der Waals surface area contributed by atoms with Gasteiger partial charge in [-0.25, -0.2) is 18.9 Å². The molecule has 1 heterocycles. The van der Waals surface area contributed by atoms with Gasteiger partial charge in [0.15, 0.2) is 15.7 Å². The fourth-order valence-electron chi connectivity index (χ4n) is 3.21. The topological polar surface area (TPSA) is 162 Å². The van der Waals surface area contributed by atoms with Crippen molar-refractivity contribution >= 4 is 62.1 Å². The number of hydrogen-bond donors (Lipinski definition) is 5. The third-order valence-corrected chi connectivity index (χ3v) is 7.63. The first-order valence-corrected chi connectivity index (χ1v) is 13.2. The molecule has 2 aromatic carbocycles. The van der Waals surface area contributed by atoms with E-state index in [9.17, 15) is 18.0 Å². The second-order valence-electron chi connectivity index (χ2n) is 8.25. The third kappa shape index (κ3) is 7.62. The molecular formula is C24H27ClN6O5S. The van der Waals surface area contributed by atoms with Gasteiger partial charge in [-0.2, -0.15) is 4.98 Å². The molecule has 3 rings (SSSR count). The Hall–Kier alpha value is -3.74. The highest BCUT2D eigenvalue weighted by Crippen LogP contribution is 2.30. The fraction of sp³-hybridized carbons (Fsp3) is 0.250. The van der Waals surface area contributed by atoms with Gasteiger partial charge in [0, 0.05) is 24.2 Å². The second-order valence-corrected chi connectivity index (χ2v) is 11.1. The van der Waals surface area contributed by atoms with Gasteiger partial charge in [0.25, 0.3) is 0 Å². The summed E-state index contributed by atoms with van der Waals surface area (Å²) in [5, 5.41) is 16.8. The van der Waals surface area contributed by atoms with Gasteiger partial charge in [-0.3, -0.25) is 14.8 Å². The van der Waals surface area contributed by atoms with Crippen molar-refractivity contribution in [1.29, 1.82) is 0 Å². The Bertz CT molecular complexity index is 1380. The maximum Gasteiger partial charge on any atom is 0.243 e. The van der Waals surface area contributed by atoms with Crippen LogP contribution in [0.25, 0.3) is 0 Å². The standard InChI is InChI=1S/C24H27ClN6O5S/c1-15(2)37(35,36)20-10-4-3-9-19(20)29-23-18(25)14-26-24(30-23)28-17-8-5-7-16(13-17)27-21(32)11-6-12-22(33)31-34/h3-5,7-10,13-15,34H,6,11-12H2,1-2H3,(H,27,32)(H,31,33)(H2,26,28,29,30). The molecular weight excluding hydrogens is 520 g/mol. The minimum absolute atomic E-state index is 0.0314. The zero-order chi connectivity index (χ0) is 27.0. The number of amides is 2. The number of aromatic nitrogens is 2. The van der Waals surface area contributed by atoms with Gasteiger partial charge in [-0.1, -0.05) is 29.8 Å². The molecule has 3 aromatic rings. The summed E-state index contributed by atoms with van der Waals surface area (Å²) in [5.41, 5.74) is 2.95. The van der Waals surface area contributed by atoms with Crippen molar-refractivity contribution in [2.45, 2.75) is 43.3 Å². The van der Waals surface area contributed by atoms with Crippen LogP contribution in [0.3, 0.4) is 0 Å². The highest BCUT2D eigenvalue weighted by molar-refractivity contribution is 7.92. The van der Waals surface area contributed by atoms with Crippen molar-refractivity contribution < 1.29 is 23.2 Å². The summed E-state index contributed by atoms with van der Waals surface area (Å²) in [5.74, 6) is -0.440. The maximum atomic E-state index is 12.8. The van der Waals surface area contributed by atoms with E-state index in [1.807, 2.05) is 0 Å². The van der Waals surface area contributed by atoms with Crippen LogP contribution in [-0.4, -0.2) is 40.7 Å². The summed E-state index contributed by atoms with van der Waals surface area (Å²) in [7, 11) is -3.56. The Morgan fingerprint density at radius 3 is 2.43 bits per heavy atom. The van der Waals surface area contributed by atoms with Gasteiger partial charge < -0.3 is 16.0 Å². The van der Waals surface area contributed by atoms with E-state index in [0.717, 1.165) is 0 Å². The van der Waals surface area contributed by atoms with Crippen molar-refractivity contribution in [1.82, 2.24) is 15.4 Å². The van der Waals surface area contributed by atoms with E-state index in [-0.39, 0.29) is 46.9 Å². The molecule has 11 nitrogen and oxygen atoms in total. The Labute approximate surface area is 219 Å². The molecule has 0 atom stereocenters. The summed E-state index contributed by atoms with van der Waals surface area (Å²) < 4.78 is 25.5. The molecule has 196 valence electrons. The molecule has 5 N–H and O–H groups in total. The lowest BCUT2D eigenvalue weighted by atomic mass is 10.2. The molecule has 0 fully saturated rings. The molecule has 0 bridgehead atoms. The van der Waals surface area contributed by atoms with Crippen LogP contribution >= 0.6 is 11.6 Å². The van der Waals surface area contributed by atoms with Crippen LogP contribution in [0, 0.1) is 0 Å². The predicted molar refractivity (Wildman–Crippen MR) is 141 cm³/mol. The average Bonchev–Trinajstić information content (AvgIpc) is 2.86. The summed E-state index contributed by atoms with van der Waals surface area (Å²) in [6.07, 6.45) is 1.80. The lowest BCUT2D eigenvalue weighted by Gasteiger charge is -2.15. The van der Waals surface area contributed by atoms with Gasteiger partial charge >= 0.3 is 0 Å². The molecule has 0 saturated heterocycles. The molecule has 0 spiro atoms. The van der Waals surface area contributed by atoms with Crippen LogP contribution in [0.4, 0.5) is 28.8 Å². The molecule has 0 aliphatic carbocycles. The van der Waals surface area contributed by atoms with Gasteiger partial charge in [0.2, 0.25) is 17.8 Å². The van der Waals surface area contributed by atoms with Gasteiger partial charge in [-0.15, -0.1) is 0 Å². The zero-order valence-corrected chi connectivity index (χ0v) is 21.7. The van der Waals surface area contributed by atoms with Crippen LogP contribution in [0.1, 0.15) is 33.1 Å². The molecule has 2 amide bonds. The van der Waals surface area contributed by atoms with Crippen LogP contribution in [-0.2, 0) is 19.4 Å². The highest BCUT2D eigenvalue weighted by Gasteiger charge is 2.23. The SMILES string of the molecule is CC(C)S(=O)(=O)c1ccccc1Nc1nc(Nc2cccc(NC(=O)CCCC(=O)NO)c2)ncc1Cl. The molecule has 0 aliphatic rings. The van der Waals surface area contributed by atoms with E-state index in [1.165, 1.54) is 17.7 Å². The molecule has 0 unspecified atom stereocenters. The zero-order valence-electron chi connectivity index (χ0n) is 20.2. The van der Waals surface area contributed by atoms with E-state index in [1.54, 1.807) is 56.3 Å². The van der Waals surface area contributed by atoms with E-state index in [2.05, 4.69) is 25.9 Å². The van der Waals surface area contributed by atoms with Crippen LogP contribution in [0.5, 0.6) is 0 Å². The summed E-state index contributed by atoms with van der Waals surface area (Å²) in [6.45, 7) is 3.22. The minimum Gasteiger partial charge on any atom is -0.338 e. The highest BCUT2D eigenvalue weighted by atomic mass is 35.5. The fourth-order valence-corrected chi connectivity index (χ4v) is 4.55. The maximum absolute atomic E-state index is 12.8. The molecule has 0 saturated carbocycles. The molecule has 13 heteroatoms.